The molecule has 5 nitrogen and oxygen atoms in total. The molecule has 1 aromatic rings. The Morgan fingerprint density at radius 3 is 2.71 bits per heavy atom. The number of sulfone groups is 1. The van der Waals surface area contributed by atoms with Crippen LogP contribution in [0.25, 0.3) is 0 Å². The molecular weight excluding hydrogens is 297 g/mol. The Hall–Kier alpha value is -1.63. The minimum Gasteiger partial charge on any atom is -0.459 e. The van der Waals surface area contributed by atoms with Gasteiger partial charge >= 0.3 is 5.97 Å². The summed E-state index contributed by atoms with van der Waals surface area (Å²) >= 11 is 0. The standard InChI is InChI=1S/C14H18FNO4S/c1-21(18,19)11-4-2-3-10(8-11)20-14(17)9-5-6-13(16)12(15)7-9/h5-7,10-11H,2-4,8,16H2,1H3. The lowest BCUT2D eigenvalue weighted by atomic mass is 9.97. The van der Waals surface area contributed by atoms with Gasteiger partial charge in [0.1, 0.15) is 21.8 Å². The Kier molecular flexibility index (Phi) is 4.51. The lowest BCUT2D eigenvalue weighted by Crippen LogP contribution is -2.32. The van der Waals surface area contributed by atoms with Gasteiger partial charge in [0.15, 0.2) is 0 Å². The largest absolute Gasteiger partial charge is 0.459 e. The summed E-state index contributed by atoms with van der Waals surface area (Å²) in [7, 11) is -3.14. The third-order valence-corrected chi connectivity index (χ3v) is 5.33. The topological polar surface area (TPSA) is 86.5 Å². The maximum atomic E-state index is 13.3. The smallest absolute Gasteiger partial charge is 0.338 e. The van der Waals surface area contributed by atoms with Crippen molar-refractivity contribution in [3.63, 3.8) is 0 Å². The van der Waals surface area contributed by atoms with Gasteiger partial charge in [0.05, 0.1) is 16.5 Å². The van der Waals surface area contributed by atoms with Crippen molar-refractivity contribution in [3.8, 4) is 0 Å². The molecule has 2 atom stereocenters. The van der Waals surface area contributed by atoms with E-state index in [1.807, 2.05) is 0 Å². The van der Waals surface area contributed by atoms with Crippen LogP contribution in [0.5, 0.6) is 0 Å². The number of carbonyl (C=O) groups excluding carboxylic acids is 1. The van der Waals surface area contributed by atoms with Crippen LogP contribution in [0.4, 0.5) is 10.1 Å². The molecule has 2 unspecified atom stereocenters. The molecule has 1 saturated carbocycles. The van der Waals surface area contributed by atoms with Gasteiger partial charge < -0.3 is 10.5 Å². The normalized spacial score (nSPS) is 22.8. The predicted octanol–water partition coefficient (Wildman–Crippen LogP) is 1.92. The van der Waals surface area contributed by atoms with Crippen LogP contribution < -0.4 is 5.73 Å². The van der Waals surface area contributed by atoms with Crippen molar-refractivity contribution in [2.24, 2.45) is 0 Å². The van der Waals surface area contributed by atoms with Gasteiger partial charge in [-0.3, -0.25) is 0 Å². The molecule has 0 heterocycles. The van der Waals surface area contributed by atoms with Crippen LogP contribution in [-0.2, 0) is 14.6 Å². The van der Waals surface area contributed by atoms with Gasteiger partial charge in [0, 0.05) is 12.7 Å². The quantitative estimate of drug-likeness (QED) is 0.680. The van der Waals surface area contributed by atoms with Gasteiger partial charge in [0.2, 0.25) is 0 Å². The van der Waals surface area contributed by atoms with Crippen LogP contribution in [-0.4, -0.2) is 32.0 Å². The Bertz CT molecular complexity index is 644. The molecule has 0 amide bonds. The van der Waals surface area contributed by atoms with E-state index in [2.05, 4.69) is 0 Å². The van der Waals surface area contributed by atoms with Crippen molar-refractivity contribution in [2.75, 3.05) is 12.0 Å². The number of nitrogens with two attached hydrogens (primary N) is 1. The molecule has 2 rings (SSSR count). The van der Waals surface area contributed by atoms with E-state index in [0.29, 0.717) is 25.7 Å². The Morgan fingerprint density at radius 2 is 2.10 bits per heavy atom. The van der Waals surface area contributed by atoms with E-state index >= 15 is 0 Å². The summed E-state index contributed by atoms with van der Waals surface area (Å²) in [6, 6.07) is 3.71. The Labute approximate surface area is 123 Å². The van der Waals surface area contributed by atoms with Crippen LogP contribution in [0.15, 0.2) is 18.2 Å². The van der Waals surface area contributed by atoms with E-state index in [1.54, 1.807) is 0 Å². The molecule has 0 spiro atoms. The molecule has 0 saturated heterocycles. The fourth-order valence-electron chi connectivity index (χ4n) is 2.47. The lowest BCUT2D eigenvalue weighted by Gasteiger charge is -2.27. The van der Waals surface area contributed by atoms with Crippen molar-refractivity contribution in [1.29, 1.82) is 0 Å². The molecule has 0 radical (unpaired) electrons. The average molecular weight is 315 g/mol. The van der Waals surface area contributed by atoms with Crippen molar-refractivity contribution >= 4 is 21.5 Å². The number of esters is 1. The molecule has 1 aliphatic rings. The minimum atomic E-state index is -3.14. The summed E-state index contributed by atoms with van der Waals surface area (Å²) in [5.41, 5.74) is 5.38. The predicted molar refractivity (Wildman–Crippen MR) is 77.1 cm³/mol. The summed E-state index contributed by atoms with van der Waals surface area (Å²) in [4.78, 5) is 12.0. The van der Waals surface area contributed by atoms with Gasteiger partial charge in [0.25, 0.3) is 0 Å². The first kappa shape index (κ1) is 15.8. The first-order valence-corrected chi connectivity index (χ1v) is 8.67. The first-order chi connectivity index (χ1) is 9.77. The molecule has 21 heavy (non-hydrogen) atoms. The second-order valence-electron chi connectivity index (χ2n) is 5.38. The van der Waals surface area contributed by atoms with Gasteiger partial charge in [-0.2, -0.15) is 0 Å². The third kappa shape index (κ3) is 3.93. The summed E-state index contributed by atoms with van der Waals surface area (Å²) in [5, 5.41) is -0.479. The first-order valence-electron chi connectivity index (χ1n) is 6.72. The van der Waals surface area contributed by atoms with E-state index in [9.17, 15) is 17.6 Å². The zero-order valence-electron chi connectivity index (χ0n) is 11.7. The van der Waals surface area contributed by atoms with Crippen LogP contribution >= 0.6 is 0 Å². The fraction of sp³-hybridized carbons (Fsp3) is 0.500. The van der Waals surface area contributed by atoms with Crippen LogP contribution in [0.3, 0.4) is 0 Å². The summed E-state index contributed by atoms with van der Waals surface area (Å²) in [6.45, 7) is 0. The number of ether oxygens (including phenoxy) is 1. The van der Waals surface area contributed by atoms with Gasteiger partial charge in [-0.25, -0.2) is 17.6 Å². The molecule has 1 aromatic carbocycles. The monoisotopic (exact) mass is 315 g/mol. The zero-order chi connectivity index (χ0) is 15.6. The molecule has 116 valence electrons. The molecule has 0 aliphatic heterocycles. The molecule has 0 aromatic heterocycles. The number of hydrogen-bond acceptors (Lipinski definition) is 5. The number of anilines is 1. The van der Waals surface area contributed by atoms with Gasteiger partial charge in [-0.1, -0.05) is 0 Å². The number of halogens is 1. The van der Waals surface area contributed by atoms with Crippen LogP contribution in [0.2, 0.25) is 0 Å². The number of nitrogen functional groups attached to an aromatic ring is 1. The van der Waals surface area contributed by atoms with Crippen molar-refractivity contribution in [3.05, 3.63) is 29.6 Å². The second kappa shape index (κ2) is 6.01. The lowest BCUT2D eigenvalue weighted by molar-refractivity contribution is 0.0214. The van der Waals surface area contributed by atoms with Gasteiger partial charge in [-0.15, -0.1) is 0 Å². The number of carbonyl (C=O) groups is 1. The fourth-order valence-corrected chi connectivity index (χ4v) is 3.63. The van der Waals surface area contributed by atoms with E-state index in [1.165, 1.54) is 18.4 Å². The molecule has 1 aliphatic carbocycles. The van der Waals surface area contributed by atoms with Crippen LogP contribution in [0, 0.1) is 5.82 Å². The van der Waals surface area contributed by atoms with E-state index in [-0.39, 0.29) is 11.3 Å². The number of rotatable bonds is 3. The maximum Gasteiger partial charge on any atom is 0.338 e. The third-order valence-electron chi connectivity index (χ3n) is 3.69. The van der Waals surface area contributed by atoms with E-state index in [0.717, 1.165) is 6.07 Å². The van der Waals surface area contributed by atoms with Crippen molar-refractivity contribution in [2.45, 2.75) is 37.0 Å². The number of hydrogen-bond donors (Lipinski definition) is 1. The Balaban J connectivity index is 2.03. The Morgan fingerprint density at radius 1 is 1.38 bits per heavy atom. The second-order valence-corrected chi connectivity index (χ2v) is 7.71. The van der Waals surface area contributed by atoms with Crippen LogP contribution in [0.1, 0.15) is 36.0 Å². The average Bonchev–Trinajstić information content (AvgIpc) is 2.41. The van der Waals surface area contributed by atoms with E-state index < -0.39 is 33.0 Å². The van der Waals surface area contributed by atoms with Crippen molar-refractivity contribution in [1.82, 2.24) is 0 Å². The maximum absolute atomic E-state index is 13.3. The molecule has 1 fully saturated rings. The van der Waals surface area contributed by atoms with Crippen molar-refractivity contribution < 1.29 is 22.3 Å². The highest BCUT2D eigenvalue weighted by Crippen LogP contribution is 2.26. The minimum absolute atomic E-state index is 0.0404. The molecule has 0 bridgehead atoms. The van der Waals surface area contributed by atoms with Gasteiger partial charge in [-0.05, 0) is 37.5 Å². The van der Waals surface area contributed by atoms with E-state index in [4.69, 9.17) is 10.5 Å². The molecular formula is C14H18FNO4S. The highest BCUT2D eigenvalue weighted by atomic mass is 32.2. The summed E-state index contributed by atoms with van der Waals surface area (Å²) < 4.78 is 41.7. The SMILES string of the molecule is CS(=O)(=O)C1CCCC(OC(=O)c2ccc(N)c(F)c2)C1. The molecule has 2 N–H and O–H groups in total. The molecule has 7 heteroatoms. The highest BCUT2D eigenvalue weighted by Gasteiger charge is 2.31. The highest BCUT2D eigenvalue weighted by molar-refractivity contribution is 7.91. The summed E-state index contributed by atoms with van der Waals surface area (Å²) in [6.07, 6.45) is 2.93. The number of benzene rings is 1. The summed E-state index contributed by atoms with van der Waals surface area (Å²) in [5.74, 6) is -1.34. The zero-order valence-corrected chi connectivity index (χ0v) is 12.5.